The maximum Gasteiger partial charge on any atom is 0.350 e. The van der Waals surface area contributed by atoms with Crippen molar-refractivity contribution >= 4 is 17.4 Å². The van der Waals surface area contributed by atoms with Crippen LogP contribution in [0.2, 0.25) is 0 Å². The Kier molecular flexibility index (Phi) is 5.18. The summed E-state index contributed by atoms with van der Waals surface area (Å²) in [6.45, 7) is 0.447. The van der Waals surface area contributed by atoms with E-state index in [1.807, 2.05) is 24.3 Å². The molecule has 0 radical (unpaired) electrons. The number of fused-ring (bicyclic) bond motifs is 1. The van der Waals surface area contributed by atoms with E-state index in [0.717, 1.165) is 16.9 Å². The Bertz CT molecular complexity index is 1130. The van der Waals surface area contributed by atoms with Crippen LogP contribution in [-0.2, 0) is 17.6 Å². The van der Waals surface area contributed by atoms with E-state index in [4.69, 9.17) is 4.74 Å². The van der Waals surface area contributed by atoms with Gasteiger partial charge in [0.25, 0.3) is 0 Å². The molecule has 4 rings (SSSR count). The number of nitrogens with one attached hydrogen (secondary N) is 1. The zero-order valence-corrected chi connectivity index (χ0v) is 16.2. The third-order valence-corrected chi connectivity index (χ3v) is 5.22. The van der Waals surface area contributed by atoms with Gasteiger partial charge in [-0.2, -0.15) is 0 Å². The van der Waals surface area contributed by atoms with Crippen molar-refractivity contribution in [3.05, 3.63) is 69.7 Å². The van der Waals surface area contributed by atoms with Gasteiger partial charge in [0.05, 0.1) is 13.3 Å². The minimum Gasteiger partial charge on any atom is -0.497 e. The Morgan fingerprint density at radius 2 is 2.17 bits per heavy atom. The molecule has 2 aromatic carbocycles. The zero-order valence-electron chi connectivity index (χ0n) is 16.2. The molecule has 1 N–H and O–H groups in total. The molecule has 8 nitrogen and oxygen atoms in total. The molecule has 0 saturated heterocycles. The van der Waals surface area contributed by atoms with Gasteiger partial charge in [-0.15, -0.1) is 5.10 Å². The molecule has 0 fully saturated rings. The first kappa shape index (κ1) is 19.6. The molecule has 0 aliphatic carbocycles. The highest BCUT2D eigenvalue weighted by Gasteiger charge is 2.28. The van der Waals surface area contributed by atoms with Crippen molar-refractivity contribution in [2.24, 2.45) is 0 Å². The molecule has 9 heteroatoms. The van der Waals surface area contributed by atoms with Crippen LogP contribution < -0.4 is 9.64 Å². The second kappa shape index (κ2) is 7.94. The summed E-state index contributed by atoms with van der Waals surface area (Å²) in [6, 6.07) is 10.4. The SMILES string of the molecule is COc1cccc(CCC(=O)N2CCc3cc(-c4cn[nH]c4[N+](=O)[O-])c(F)cc32)c1. The standard InChI is InChI=1S/C21H19FN4O4/c1-30-15-4-2-3-13(9-15)5-6-20(27)25-8-7-14-10-16(18(22)11-19(14)25)17-12-23-24-21(17)26(28)29/h2-4,9-12H,5-8H2,1H3,(H,23,24). The summed E-state index contributed by atoms with van der Waals surface area (Å²) in [7, 11) is 1.59. The number of carbonyl (C=O) groups excluding carboxylic acids is 1. The Labute approximate surface area is 171 Å². The van der Waals surface area contributed by atoms with Crippen LogP contribution in [0.1, 0.15) is 17.5 Å². The lowest BCUT2D eigenvalue weighted by Crippen LogP contribution is -2.29. The number of nitro groups is 1. The van der Waals surface area contributed by atoms with E-state index in [2.05, 4.69) is 10.2 Å². The molecule has 154 valence electrons. The van der Waals surface area contributed by atoms with Gasteiger partial charge in [-0.1, -0.05) is 17.2 Å². The maximum absolute atomic E-state index is 14.8. The number of ether oxygens (including phenoxy) is 1. The summed E-state index contributed by atoms with van der Waals surface area (Å²) < 4.78 is 20.0. The second-order valence-electron chi connectivity index (χ2n) is 7.00. The second-order valence-corrected chi connectivity index (χ2v) is 7.00. The van der Waals surface area contributed by atoms with Gasteiger partial charge in [-0.3, -0.25) is 4.79 Å². The third-order valence-electron chi connectivity index (χ3n) is 5.22. The predicted molar refractivity (Wildman–Crippen MR) is 108 cm³/mol. The predicted octanol–water partition coefficient (Wildman–Crippen LogP) is 3.65. The number of amides is 1. The largest absolute Gasteiger partial charge is 0.497 e. The number of anilines is 1. The molecule has 2 heterocycles. The minimum atomic E-state index is -0.636. The summed E-state index contributed by atoms with van der Waals surface area (Å²) >= 11 is 0. The first-order chi connectivity index (χ1) is 14.5. The Hall–Kier alpha value is -3.75. The van der Waals surface area contributed by atoms with E-state index in [1.165, 1.54) is 12.3 Å². The van der Waals surface area contributed by atoms with Crippen LogP contribution in [0.25, 0.3) is 11.1 Å². The number of halogens is 1. The molecule has 1 amide bonds. The number of aromatic nitrogens is 2. The van der Waals surface area contributed by atoms with Gasteiger partial charge in [0, 0.05) is 24.2 Å². The summed E-state index contributed by atoms with van der Waals surface area (Å²) in [4.78, 5) is 24.8. The number of methoxy groups -OCH3 is 1. The maximum atomic E-state index is 14.8. The number of hydrogen-bond donors (Lipinski definition) is 1. The first-order valence-corrected chi connectivity index (χ1v) is 9.41. The minimum absolute atomic E-state index is 0.0862. The number of aromatic amines is 1. The highest BCUT2D eigenvalue weighted by molar-refractivity contribution is 5.96. The van der Waals surface area contributed by atoms with Crippen LogP contribution in [0.4, 0.5) is 15.9 Å². The molecule has 0 spiro atoms. The van der Waals surface area contributed by atoms with Gasteiger partial charge >= 0.3 is 5.82 Å². The molecular weight excluding hydrogens is 391 g/mol. The number of H-pyrrole nitrogens is 1. The molecular formula is C21H19FN4O4. The quantitative estimate of drug-likeness (QED) is 0.494. The van der Waals surface area contributed by atoms with Gasteiger partial charge in [-0.25, -0.2) is 4.39 Å². The molecule has 0 bridgehead atoms. The average molecular weight is 410 g/mol. The zero-order chi connectivity index (χ0) is 21.3. The van der Waals surface area contributed by atoms with Crippen LogP contribution in [0, 0.1) is 15.9 Å². The Morgan fingerprint density at radius 3 is 2.93 bits per heavy atom. The fraction of sp³-hybridized carbons (Fsp3) is 0.238. The number of benzene rings is 2. The molecule has 0 atom stereocenters. The summed E-state index contributed by atoms with van der Waals surface area (Å²) in [5, 5.41) is 17.1. The third kappa shape index (κ3) is 3.61. The molecule has 1 aliphatic heterocycles. The fourth-order valence-corrected chi connectivity index (χ4v) is 3.71. The van der Waals surface area contributed by atoms with Crippen LogP contribution in [0.15, 0.2) is 42.6 Å². The van der Waals surface area contributed by atoms with Gasteiger partial charge < -0.3 is 19.8 Å². The van der Waals surface area contributed by atoms with E-state index >= 15 is 0 Å². The van der Waals surface area contributed by atoms with E-state index in [0.29, 0.717) is 25.1 Å². The lowest BCUT2D eigenvalue weighted by Gasteiger charge is -2.18. The highest BCUT2D eigenvalue weighted by Crippen LogP contribution is 2.37. The summed E-state index contributed by atoms with van der Waals surface area (Å²) in [6.07, 6.45) is 2.61. The van der Waals surface area contributed by atoms with E-state index in [-0.39, 0.29) is 29.3 Å². The molecule has 0 unspecified atom stereocenters. The van der Waals surface area contributed by atoms with E-state index < -0.39 is 10.7 Å². The summed E-state index contributed by atoms with van der Waals surface area (Å²) in [5.74, 6) is -0.365. The fourth-order valence-electron chi connectivity index (χ4n) is 3.71. The van der Waals surface area contributed by atoms with Crippen LogP contribution in [-0.4, -0.2) is 34.7 Å². The Balaban J connectivity index is 1.54. The van der Waals surface area contributed by atoms with Gasteiger partial charge in [0.15, 0.2) is 0 Å². The van der Waals surface area contributed by atoms with Crippen LogP contribution >= 0.6 is 0 Å². The molecule has 1 aliphatic rings. The van der Waals surface area contributed by atoms with Crippen LogP contribution in [0.3, 0.4) is 0 Å². The van der Waals surface area contributed by atoms with E-state index in [9.17, 15) is 19.3 Å². The molecule has 30 heavy (non-hydrogen) atoms. The van der Waals surface area contributed by atoms with Crippen molar-refractivity contribution in [2.45, 2.75) is 19.3 Å². The number of rotatable bonds is 6. The van der Waals surface area contributed by atoms with Crippen molar-refractivity contribution in [1.29, 1.82) is 0 Å². The van der Waals surface area contributed by atoms with Crippen molar-refractivity contribution in [2.75, 3.05) is 18.6 Å². The topological polar surface area (TPSA) is 101 Å². The van der Waals surface area contributed by atoms with Gasteiger partial charge in [-0.05, 0) is 53.2 Å². The van der Waals surface area contributed by atoms with Crippen molar-refractivity contribution in [3.63, 3.8) is 0 Å². The number of hydrogen-bond acceptors (Lipinski definition) is 5. The lowest BCUT2D eigenvalue weighted by atomic mass is 10.0. The van der Waals surface area contributed by atoms with Crippen molar-refractivity contribution in [3.8, 4) is 16.9 Å². The smallest absolute Gasteiger partial charge is 0.350 e. The monoisotopic (exact) mass is 410 g/mol. The molecule has 3 aromatic rings. The normalized spacial score (nSPS) is 12.7. The molecule has 0 saturated carbocycles. The first-order valence-electron chi connectivity index (χ1n) is 9.41. The lowest BCUT2D eigenvalue weighted by molar-refractivity contribution is -0.388. The van der Waals surface area contributed by atoms with Gasteiger partial charge in [0.2, 0.25) is 5.91 Å². The number of nitrogens with zero attached hydrogens (tertiary/aromatic N) is 3. The van der Waals surface area contributed by atoms with E-state index in [1.54, 1.807) is 18.1 Å². The molecule has 1 aromatic heterocycles. The van der Waals surface area contributed by atoms with Gasteiger partial charge in [0.1, 0.15) is 17.1 Å². The van der Waals surface area contributed by atoms with Crippen LogP contribution in [0.5, 0.6) is 5.75 Å². The van der Waals surface area contributed by atoms with Crippen molar-refractivity contribution < 1.29 is 18.8 Å². The number of carbonyl (C=O) groups is 1. The number of aryl methyl sites for hydroxylation is 1. The highest BCUT2D eigenvalue weighted by atomic mass is 19.1. The Morgan fingerprint density at radius 1 is 1.33 bits per heavy atom. The average Bonchev–Trinajstić information content (AvgIpc) is 3.38. The van der Waals surface area contributed by atoms with Crippen molar-refractivity contribution in [1.82, 2.24) is 10.2 Å². The summed E-state index contributed by atoms with van der Waals surface area (Å²) in [5.41, 5.74) is 2.45.